The van der Waals surface area contributed by atoms with Crippen LogP contribution in [-0.2, 0) is 6.61 Å². The number of methoxy groups -OCH3 is 1. The number of carboxylic acid groups (broad SMARTS) is 1. The topological polar surface area (TPSA) is 55.8 Å². The van der Waals surface area contributed by atoms with Gasteiger partial charge in [0, 0.05) is 0 Å². The molecule has 4 nitrogen and oxygen atoms in total. The highest BCUT2D eigenvalue weighted by molar-refractivity contribution is 5.90. The molecule has 0 spiro atoms. The van der Waals surface area contributed by atoms with Crippen molar-refractivity contribution in [1.29, 1.82) is 0 Å². The summed E-state index contributed by atoms with van der Waals surface area (Å²) in [5.41, 5.74) is 1.47. The maximum absolute atomic E-state index is 10.5. The normalized spacial score (nSPS) is 11.0. The van der Waals surface area contributed by atoms with Crippen molar-refractivity contribution >= 4 is 5.97 Å². The molecule has 1 N–H and O–H groups in total. The quantitative estimate of drug-likeness (QED) is 0.899. The van der Waals surface area contributed by atoms with E-state index in [0.29, 0.717) is 5.75 Å². The van der Waals surface area contributed by atoms with Crippen molar-refractivity contribution in [1.82, 2.24) is 0 Å². The van der Waals surface area contributed by atoms with Gasteiger partial charge >= 0.3 is 5.97 Å². The number of hydrogen-bond donors (Lipinski definition) is 1. The highest BCUT2D eigenvalue weighted by Gasteiger charge is 2.07. The van der Waals surface area contributed by atoms with E-state index in [1.807, 2.05) is 12.1 Å². The Morgan fingerprint density at radius 1 is 1.21 bits per heavy atom. The van der Waals surface area contributed by atoms with E-state index in [0.717, 1.165) is 12.4 Å². The molecule has 4 heteroatoms. The first-order valence-corrected chi connectivity index (χ1v) is 5.79. The first kappa shape index (κ1) is 13.0. The van der Waals surface area contributed by atoms with Gasteiger partial charge in [-0.05, 0) is 29.8 Å². The van der Waals surface area contributed by atoms with Crippen LogP contribution in [0.25, 0.3) is 0 Å². The van der Waals surface area contributed by atoms with Gasteiger partial charge in [0.1, 0.15) is 23.7 Å². The van der Waals surface area contributed by atoms with Gasteiger partial charge in [0.25, 0.3) is 0 Å². The molecule has 1 aliphatic rings. The minimum Gasteiger partial charge on any atom is -0.496 e. The standard InChI is InChI=1S/C8H8O3.C7H6O/c1-11-7-5-3-2-4-6(7)8(9)10;1-2-6-4-7(3-1)8-5-6/h2-5H,1H3,(H,9,10);1-4H,5H2. The summed E-state index contributed by atoms with van der Waals surface area (Å²) in [4.78, 5) is 10.5. The number of carboxylic acids is 1. The van der Waals surface area contributed by atoms with E-state index in [9.17, 15) is 4.79 Å². The van der Waals surface area contributed by atoms with Crippen LogP contribution in [0.2, 0.25) is 0 Å². The molecule has 98 valence electrons. The first-order valence-electron chi connectivity index (χ1n) is 5.79. The number of rotatable bonds is 2. The smallest absolute Gasteiger partial charge is 0.339 e. The molecule has 0 saturated carbocycles. The van der Waals surface area contributed by atoms with Crippen molar-refractivity contribution in [3.63, 3.8) is 0 Å². The van der Waals surface area contributed by atoms with Crippen LogP contribution in [-0.4, -0.2) is 18.2 Å². The summed E-state index contributed by atoms with van der Waals surface area (Å²) in [5.74, 6) is 0.421. The maximum Gasteiger partial charge on any atom is 0.339 e. The van der Waals surface area contributed by atoms with Gasteiger partial charge in [-0.15, -0.1) is 0 Å². The van der Waals surface area contributed by atoms with Crippen LogP contribution in [0, 0.1) is 0 Å². The SMILES string of the molecule is COc1ccccc1C(=O)O.c1cc2cc(c1)OC2. The minimum atomic E-state index is -0.970. The zero-order valence-electron chi connectivity index (χ0n) is 10.5. The second-order valence-electron chi connectivity index (χ2n) is 3.94. The predicted octanol–water partition coefficient (Wildman–Crippen LogP) is 2.97. The highest BCUT2D eigenvalue weighted by Crippen LogP contribution is 2.20. The summed E-state index contributed by atoms with van der Waals surface area (Å²) in [6, 6.07) is 14.6. The Labute approximate surface area is 111 Å². The molecule has 19 heavy (non-hydrogen) atoms. The summed E-state index contributed by atoms with van der Waals surface area (Å²) >= 11 is 0. The lowest BCUT2D eigenvalue weighted by molar-refractivity contribution is 0.0693. The van der Waals surface area contributed by atoms with Crippen LogP contribution in [0.1, 0.15) is 15.9 Å². The van der Waals surface area contributed by atoms with Gasteiger partial charge in [0.2, 0.25) is 0 Å². The lowest BCUT2D eigenvalue weighted by atomic mass is 10.2. The molecule has 0 amide bonds. The number of ether oxygens (including phenoxy) is 2. The Morgan fingerprint density at radius 3 is 2.58 bits per heavy atom. The maximum atomic E-state index is 10.5. The van der Waals surface area contributed by atoms with Crippen molar-refractivity contribution in [3.05, 3.63) is 59.7 Å². The van der Waals surface area contributed by atoms with Crippen molar-refractivity contribution in [3.8, 4) is 11.5 Å². The Kier molecular flexibility index (Phi) is 4.03. The molecular weight excluding hydrogens is 244 g/mol. The van der Waals surface area contributed by atoms with E-state index < -0.39 is 5.97 Å². The van der Waals surface area contributed by atoms with Crippen LogP contribution in [0.15, 0.2) is 48.5 Å². The Morgan fingerprint density at radius 2 is 2.00 bits per heavy atom. The fourth-order valence-electron chi connectivity index (χ4n) is 1.71. The van der Waals surface area contributed by atoms with Crippen LogP contribution < -0.4 is 9.47 Å². The van der Waals surface area contributed by atoms with Crippen molar-refractivity contribution in [2.45, 2.75) is 6.61 Å². The second-order valence-corrected chi connectivity index (χ2v) is 3.94. The Bertz CT molecular complexity index is 559. The Hall–Kier alpha value is -2.49. The zero-order chi connectivity index (χ0) is 13.7. The van der Waals surface area contributed by atoms with Gasteiger partial charge in [-0.1, -0.05) is 24.3 Å². The summed E-state index contributed by atoms with van der Waals surface area (Å²) < 4.78 is 10.0. The van der Waals surface area contributed by atoms with E-state index in [1.54, 1.807) is 18.2 Å². The molecule has 0 aliphatic carbocycles. The number of hydrogen-bond acceptors (Lipinski definition) is 3. The fraction of sp³-hybridized carbons (Fsp3) is 0.133. The molecule has 3 rings (SSSR count). The van der Waals surface area contributed by atoms with Gasteiger partial charge < -0.3 is 14.6 Å². The largest absolute Gasteiger partial charge is 0.496 e. The monoisotopic (exact) mass is 258 g/mol. The van der Waals surface area contributed by atoms with Gasteiger partial charge in [0.15, 0.2) is 0 Å². The molecule has 0 atom stereocenters. The van der Waals surface area contributed by atoms with Crippen LogP contribution >= 0.6 is 0 Å². The number of para-hydroxylation sites is 1. The van der Waals surface area contributed by atoms with E-state index in [1.165, 1.54) is 18.7 Å². The summed E-state index contributed by atoms with van der Waals surface area (Å²) in [6.07, 6.45) is 0. The molecular formula is C15H14O4. The molecule has 0 fully saturated rings. The summed E-state index contributed by atoms with van der Waals surface area (Å²) in [5, 5.41) is 8.62. The number of carbonyl (C=O) groups is 1. The van der Waals surface area contributed by atoms with Crippen LogP contribution in [0.3, 0.4) is 0 Å². The average molecular weight is 258 g/mol. The lowest BCUT2D eigenvalue weighted by Crippen LogP contribution is -1.99. The summed E-state index contributed by atoms with van der Waals surface area (Å²) in [6.45, 7) is 0.766. The van der Waals surface area contributed by atoms with Crippen LogP contribution in [0.4, 0.5) is 0 Å². The van der Waals surface area contributed by atoms with Gasteiger partial charge in [0.05, 0.1) is 7.11 Å². The first-order chi connectivity index (χ1) is 9.20. The highest BCUT2D eigenvalue weighted by atomic mass is 16.5. The lowest BCUT2D eigenvalue weighted by Gasteiger charge is -2.01. The van der Waals surface area contributed by atoms with Crippen molar-refractivity contribution in [2.75, 3.05) is 7.11 Å². The van der Waals surface area contributed by atoms with E-state index in [2.05, 4.69) is 12.1 Å². The van der Waals surface area contributed by atoms with E-state index in [-0.39, 0.29) is 5.56 Å². The molecule has 0 unspecified atom stereocenters. The van der Waals surface area contributed by atoms with Gasteiger partial charge in [-0.3, -0.25) is 0 Å². The van der Waals surface area contributed by atoms with Crippen molar-refractivity contribution in [2.24, 2.45) is 0 Å². The third-order valence-corrected chi connectivity index (χ3v) is 2.64. The Balaban J connectivity index is 0.000000146. The molecule has 1 aliphatic heterocycles. The second kappa shape index (κ2) is 5.91. The molecule has 0 radical (unpaired) electrons. The summed E-state index contributed by atoms with van der Waals surface area (Å²) in [7, 11) is 1.45. The molecule has 2 aromatic carbocycles. The zero-order valence-corrected chi connectivity index (χ0v) is 10.5. The molecule has 2 bridgehead atoms. The van der Waals surface area contributed by atoms with Crippen LogP contribution in [0.5, 0.6) is 11.5 Å². The molecule has 1 heterocycles. The number of fused-ring (bicyclic) bond motifs is 2. The average Bonchev–Trinajstić information content (AvgIpc) is 2.78. The molecule has 2 aromatic rings. The van der Waals surface area contributed by atoms with Gasteiger partial charge in [-0.25, -0.2) is 4.79 Å². The predicted molar refractivity (Wildman–Crippen MR) is 70.7 cm³/mol. The number of benzene rings is 2. The van der Waals surface area contributed by atoms with Gasteiger partial charge in [-0.2, -0.15) is 0 Å². The number of aromatic carboxylic acids is 1. The van der Waals surface area contributed by atoms with Crippen molar-refractivity contribution < 1.29 is 19.4 Å². The molecule has 0 aromatic heterocycles. The van der Waals surface area contributed by atoms with E-state index >= 15 is 0 Å². The third kappa shape index (κ3) is 3.25. The molecule has 0 saturated heterocycles. The van der Waals surface area contributed by atoms with E-state index in [4.69, 9.17) is 14.6 Å². The fourth-order valence-corrected chi connectivity index (χ4v) is 1.71. The minimum absolute atomic E-state index is 0.190. The third-order valence-electron chi connectivity index (χ3n) is 2.64.